The fourth-order valence-corrected chi connectivity index (χ4v) is 3.34. The Morgan fingerprint density at radius 3 is 2.54 bits per heavy atom. The number of nitrogens with one attached hydrogen (secondary N) is 2. The van der Waals surface area contributed by atoms with Crippen molar-refractivity contribution in [2.45, 2.75) is 12.8 Å². The second kappa shape index (κ2) is 8.39. The number of carbonyl (C=O) groups is 2. The standard InChI is InChI=1S/C17H17FIN5O2/c18-12-2-3-14(19)13(10-12)16(26)23-22-15(25)11-4-8-24(9-5-11)17-20-6-1-7-21-17/h1-3,6-7,10-11H,4-5,8-9H2,(H,22,25)(H,23,26). The molecule has 2 aromatic rings. The molecule has 7 nitrogen and oxygen atoms in total. The number of benzene rings is 1. The van der Waals surface area contributed by atoms with E-state index in [0.29, 0.717) is 35.4 Å². The predicted octanol–water partition coefficient (Wildman–Crippen LogP) is 1.90. The van der Waals surface area contributed by atoms with Crippen LogP contribution in [0.2, 0.25) is 0 Å². The molecule has 0 radical (unpaired) electrons. The molecule has 0 bridgehead atoms. The van der Waals surface area contributed by atoms with Crippen LogP contribution in [0.5, 0.6) is 0 Å². The Bertz CT molecular complexity index is 797. The van der Waals surface area contributed by atoms with E-state index in [4.69, 9.17) is 0 Å². The average Bonchev–Trinajstić information content (AvgIpc) is 2.68. The summed E-state index contributed by atoms with van der Waals surface area (Å²) in [7, 11) is 0. The Hall–Kier alpha value is -2.30. The number of rotatable bonds is 3. The summed E-state index contributed by atoms with van der Waals surface area (Å²) < 4.78 is 13.9. The molecule has 1 aromatic carbocycles. The van der Waals surface area contributed by atoms with Crippen LogP contribution in [0.15, 0.2) is 36.7 Å². The van der Waals surface area contributed by atoms with Gasteiger partial charge in [-0.1, -0.05) is 0 Å². The third-order valence-corrected chi connectivity index (χ3v) is 5.11. The molecule has 26 heavy (non-hydrogen) atoms. The highest BCUT2D eigenvalue weighted by molar-refractivity contribution is 14.1. The van der Waals surface area contributed by atoms with Crippen molar-refractivity contribution >= 4 is 40.4 Å². The van der Waals surface area contributed by atoms with Crippen molar-refractivity contribution in [3.8, 4) is 0 Å². The Morgan fingerprint density at radius 2 is 1.85 bits per heavy atom. The molecule has 2 N–H and O–H groups in total. The molecular weight excluding hydrogens is 452 g/mol. The summed E-state index contributed by atoms with van der Waals surface area (Å²) in [5.41, 5.74) is 4.98. The number of aromatic nitrogens is 2. The predicted molar refractivity (Wildman–Crippen MR) is 102 cm³/mol. The molecular formula is C17H17FIN5O2. The maximum absolute atomic E-state index is 13.3. The van der Waals surface area contributed by atoms with Crippen molar-refractivity contribution in [2.24, 2.45) is 5.92 Å². The molecule has 0 aliphatic carbocycles. The Labute approximate surface area is 163 Å². The molecule has 2 heterocycles. The first kappa shape index (κ1) is 18.5. The van der Waals surface area contributed by atoms with Crippen LogP contribution in [-0.2, 0) is 4.79 Å². The Kier molecular flexibility index (Phi) is 5.96. The summed E-state index contributed by atoms with van der Waals surface area (Å²) in [4.78, 5) is 34.8. The topological polar surface area (TPSA) is 87.2 Å². The highest BCUT2D eigenvalue weighted by Crippen LogP contribution is 2.20. The van der Waals surface area contributed by atoms with Crippen LogP contribution >= 0.6 is 22.6 Å². The first-order valence-electron chi connectivity index (χ1n) is 8.12. The third kappa shape index (κ3) is 4.45. The lowest BCUT2D eigenvalue weighted by Gasteiger charge is -2.31. The molecule has 0 saturated carbocycles. The largest absolute Gasteiger partial charge is 0.341 e. The van der Waals surface area contributed by atoms with E-state index in [1.165, 1.54) is 12.1 Å². The van der Waals surface area contributed by atoms with Gasteiger partial charge in [-0.05, 0) is 59.7 Å². The monoisotopic (exact) mass is 469 g/mol. The van der Waals surface area contributed by atoms with E-state index in [9.17, 15) is 14.0 Å². The van der Waals surface area contributed by atoms with Gasteiger partial charge in [-0.15, -0.1) is 0 Å². The van der Waals surface area contributed by atoms with E-state index in [-0.39, 0.29) is 17.4 Å². The highest BCUT2D eigenvalue weighted by atomic mass is 127. The van der Waals surface area contributed by atoms with Crippen molar-refractivity contribution in [2.75, 3.05) is 18.0 Å². The van der Waals surface area contributed by atoms with Crippen LogP contribution < -0.4 is 15.8 Å². The smallest absolute Gasteiger partial charge is 0.270 e. The maximum Gasteiger partial charge on any atom is 0.270 e. The van der Waals surface area contributed by atoms with Gasteiger partial charge in [-0.2, -0.15) is 0 Å². The summed E-state index contributed by atoms with van der Waals surface area (Å²) in [5.74, 6) is -0.852. The molecule has 0 unspecified atom stereocenters. The van der Waals surface area contributed by atoms with Crippen LogP contribution in [0.1, 0.15) is 23.2 Å². The minimum atomic E-state index is -0.544. The van der Waals surface area contributed by atoms with Gasteiger partial charge in [0.2, 0.25) is 11.9 Å². The molecule has 9 heteroatoms. The number of hydrogen-bond acceptors (Lipinski definition) is 5. The van der Waals surface area contributed by atoms with Crippen LogP contribution in [0.25, 0.3) is 0 Å². The van der Waals surface area contributed by atoms with Gasteiger partial charge in [0, 0.05) is 35.0 Å². The summed E-state index contributed by atoms with van der Waals surface area (Å²) >= 11 is 1.94. The minimum Gasteiger partial charge on any atom is -0.341 e. The summed E-state index contributed by atoms with van der Waals surface area (Å²) in [6.45, 7) is 1.33. The molecule has 1 aliphatic heterocycles. The van der Waals surface area contributed by atoms with Gasteiger partial charge in [0.05, 0.1) is 5.56 Å². The molecule has 136 valence electrons. The molecule has 1 aromatic heterocycles. The van der Waals surface area contributed by atoms with Gasteiger partial charge in [0.25, 0.3) is 5.91 Å². The van der Waals surface area contributed by atoms with Crippen molar-refractivity contribution in [3.05, 3.63) is 51.6 Å². The number of piperidine rings is 1. The molecule has 2 amide bonds. The van der Waals surface area contributed by atoms with Crippen molar-refractivity contribution in [1.82, 2.24) is 20.8 Å². The SMILES string of the molecule is O=C(NNC(=O)C1CCN(c2ncccn2)CC1)c1cc(F)ccc1I. The van der Waals surface area contributed by atoms with Crippen LogP contribution in [-0.4, -0.2) is 34.9 Å². The van der Waals surface area contributed by atoms with Gasteiger partial charge >= 0.3 is 0 Å². The molecule has 0 spiro atoms. The van der Waals surface area contributed by atoms with Crippen LogP contribution in [0.3, 0.4) is 0 Å². The van der Waals surface area contributed by atoms with E-state index in [1.54, 1.807) is 18.5 Å². The molecule has 1 fully saturated rings. The quantitative estimate of drug-likeness (QED) is 0.530. The molecule has 1 aliphatic rings. The lowest BCUT2D eigenvalue weighted by atomic mass is 9.96. The normalized spacial score (nSPS) is 14.8. The first-order chi connectivity index (χ1) is 12.5. The van der Waals surface area contributed by atoms with Gasteiger partial charge in [0.1, 0.15) is 5.82 Å². The number of amides is 2. The fraction of sp³-hybridized carbons (Fsp3) is 0.294. The second-order valence-electron chi connectivity index (χ2n) is 5.88. The highest BCUT2D eigenvalue weighted by Gasteiger charge is 2.26. The number of halogens is 2. The van der Waals surface area contributed by atoms with E-state index in [1.807, 2.05) is 27.5 Å². The van der Waals surface area contributed by atoms with Crippen LogP contribution in [0, 0.1) is 15.3 Å². The van der Waals surface area contributed by atoms with E-state index in [2.05, 4.69) is 20.8 Å². The first-order valence-corrected chi connectivity index (χ1v) is 9.19. The Balaban J connectivity index is 1.50. The zero-order valence-corrected chi connectivity index (χ0v) is 15.9. The van der Waals surface area contributed by atoms with E-state index >= 15 is 0 Å². The molecule has 3 rings (SSSR count). The zero-order chi connectivity index (χ0) is 18.5. The van der Waals surface area contributed by atoms with Gasteiger partial charge in [0.15, 0.2) is 0 Å². The lowest BCUT2D eigenvalue weighted by Crippen LogP contribution is -2.47. The zero-order valence-electron chi connectivity index (χ0n) is 13.8. The average molecular weight is 469 g/mol. The van der Waals surface area contributed by atoms with Gasteiger partial charge < -0.3 is 4.90 Å². The maximum atomic E-state index is 13.3. The molecule has 1 saturated heterocycles. The van der Waals surface area contributed by atoms with Crippen molar-refractivity contribution in [3.63, 3.8) is 0 Å². The fourth-order valence-electron chi connectivity index (χ4n) is 2.76. The Morgan fingerprint density at radius 1 is 1.15 bits per heavy atom. The van der Waals surface area contributed by atoms with Crippen molar-refractivity contribution in [1.29, 1.82) is 0 Å². The number of hydrazine groups is 1. The summed E-state index contributed by atoms with van der Waals surface area (Å²) in [5, 5.41) is 0. The van der Waals surface area contributed by atoms with Gasteiger partial charge in [-0.3, -0.25) is 20.4 Å². The third-order valence-electron chi connectivity index (χ3n) is 4.17. The lowest BCUT2D eigenvalue weighted by molar-refractivity contribution is -0.126. The minimum absolute atomic E-state index is 0.182. The van der Waals surface area contributed by atoms with Crippen LogP contribution in [0.4, 0.5) is 10.3 Å². The van der Waals surface area contributed by atoms with E-state index in [0.717, 1.165) is 6.07 Å². The summed E-state index contributed by atoms with van der Waals surface area (Å²) in [6, 6.07) is 5.68. The number of anilines is 1. The summed E-state index contributed by atoms with van der Waals surface area (Å²) in [6.07, 6.45) is 4.64. The number of hydrogen-bond donors (Lipinski definition) is 2. The number of nitrogens with zero attached hydrogens (tertiary/aromatic N) is 3. The molecule has 0 atom stereocenters. The van der Waals surface area contributed by atoms with Crippen molar-refractivity contribution < 1.29 is 14.0 Å². The second-order valence-corrected chi connectivity index (χ2v) is 7.04. The van der Waals surface area contributed by atoms with E-state index < -0.39 is 11.7 Å². The van der Waals surface area contributed by atoms with Gasteiger partial charge in [-0.25, -0.2) is 14.4 Å². The number of carbonyl (C=O) groups excluding carboxylic acids is 2.